The maximum absolute atomic E-state index is 5.66. The molecule has 2 rings (SSSR count). The van der Waals surface area contributed by atoms with Gasteiger partial charge in [-0.2, -0.15) is 0 Å². The first-order valence-corrected chi connectivity index (χ1v) is 6.57. The van der Waals surface area contributed by atoms with E-state index in [9.17, 15) is 0 Å². The predicted molar refractivity (Wildman–Crippen MR) is 79.0 cm³/mol. The molecule has 1 aliphatic rings. The molecule has 0 aromatic carbocycles. The highest BCUT2D eigenvalue weighted by Crippen LogP contribution is 2.25. The van der Waals surface area contributed by atoms with E-state index in [0.717, 1.165) is 24.5 Å². The van der Waals surface area contributed by atoms with Crippen molar-refractivity contribution in [1.29, 1.82) is 0 Å². The van der Waals surface area contributed by atoms with Crippen molar-refractivity contribution in [2.24, 2.45) is 11.7 Å². The molecule has 0 radical (unpaired) electrons. The Kier molecular flexibility index (Phi) is 3.82. The zero-order valence-corrected chi connectivity index (χ0v) is 11.9. The Balaban J connectivity index is 2.18. The Labute approximate surface area is 114 Å². The van der Waals surface area contributed by atoms with E-state index in [2.05, 4.69) is 35.8 Å². The minimum absolute atomic E-state index is 0.426. The highest BCUT2D eigenvalue weighted by atomic mass is 32.1. The van der Waals surface area contributed by atoms with E-state index in [1.165, 1.54) is 0 Å². The summed E-state index contributed by atoms with van der Waals surface area (Å²) in [5.74, 6) is 1.60. The fourth-order valence-corrected chi connectivity index (χ4v) is 2.68. The summed E-state index contributed by atoms with van der Waals surface area (Å²) in [7, 11) is 4.26. The van der Waals surface area contributed by atoms with Gasteiger partial charge in [0.25, 0.3) is 0 Å². The number of thiocarbonyl (C=S) groups is 1. The summed E-state index contributed by atoms with van der Waals surface area (Å²) in [6.07, 6.45) is 1.78. The molecule has 18 heavy (non-hydrogen) atoms. The van der Waals surface area contributed by atoms with Crippen LogP contribution in [0.15, 0.2) is 18.3 Å². The average Bonchev–Trinajstić information content (AvgIpc) is 2.71. The lowest BCUT2D eigenvalue weighted by Crippen LogP contribution is -2.34. The minimum atomic E-state index is 0.426. The van der Waals surface area contributed by atoms with Gasteiger partial charge in [0.1, 0.15) is 10.8 Å². The Morgan fingerprint density at radius 3 is 2.78 bits per heavy atom. The lowest BCUT2D eigenvalue weighted by atomic mass is 10.1. The van der Waals surface area contributed by atoms with Crippen molar-refractivity contribution >= 4 is 23.0 Å². The van der Waals surface area contributed by atoms with Crippen molar-refractivity contribution < 1.29 is 0 Å². The van der Waals surface area contributed by atoms with Crippen LogP contribution in [-0.2, 0) is 0 Å². The highest BCUT2D eigenvalue weighted by molar-refractivity contribution is 7.80. The molecule has 0 saturated carbocycles. The molecule has 98 valence electrons. The van der Waals surface area contributed by atoms with E-state index in [0.29, 0.717) is 16.9 Å². The van der Waals surface area contributed by atoms with Gasteiger partial charge in [-0.25, -0.2) is 4.98 Å². The number of likely N-dealkylation sites (N-methyl/N-ethyl adjacent to an activating group) is 1. The zero-order chi connectivity index (χ0) is 13.3. The maximum atomic E-state index is 5.66. The van der Waals surface area contributed by atoms with Crippen LogP contribution >= 0.6 is 12.2 Å². The van der Waals surface area contributed by atoms with Gasteiger partial charge in [-0.05, 0) is 32.1 Å². The predicted octanol–water partition coefficient (Wildman–Crippen LogP) is 1.10. The standard InChI is InChI=1S/C13H20N4S/c1-9-7-17(8-11(9)16(2)3)12-6-10(13(14)18)4-5-15-12/h4-6,9,11H,7-8H2,1-3H3,(H2,14,18). The average molecular weight is 264 g/mol. The third kappa shape index (κ3) is 2.62. The molecule has 2 heterocycles. The molecule has 5 heteroatoms. The summed E-state index contributed by atoms with van der Waals surface area (Å²) in [5.41, 5.74) is 6.55. The fourth-order valence-electron chi connectivity index (χ4n) is 2.55. The van der Waals surface area contributed by atoms with Crippen molar-refractivity contribution in [2.75, 3.05) is 32.1 Å². The van der Waals surface area contributed by atoms with Gasteiger partial charge >= 0.3 is 0 Å². The third-order valence-corrected chi connectivity index (χ3v) is 3.83. The van der Waals surface area contributed by atoms with E-state index in [4.69, 9.17) is 18.0 Å². The van der Waals surface area contributed by atoms with Crippen LogP contribution in [0, 0.1) is 5.92 Å². The summed E-state index contributed by atoms with van der Waals surface area (Å²) in [4.78, 5) is 9.43. The summed E-state index contributed by atoms with van der Waals surface area (Å²) in [6, 6.07) is 4.40. The van der Waals surface area contributed by atoms with E-state index < -0.39 is 0 Å². The normalized spacial score (nSPS) is 23.7. The second-order valence-corrected chi connectivity index (χ2v) is 5.62. The van der Waals surface area contributed by atoms with Crippen molar-refractivity contribution in [1.82, 2.24) is 9.88 Å². The summed E-state index contributed by atoms with van der Waals surface area (Å²) in [5, 5.41) is 0. The fraction of sp³-hybridized carbons (Fsp3) is 0.538. The number of hydrogen-bond acceptors (Lipinski definition) is 4. The van der Waals surface area contributed by atoms with Gasteiger partial charge in [0.2, 0.25) is 0 Å². The number of hydrogen-bond donors (Lipinski definition) is 1. The molecule has 1 aliphatic heterocycles. The number of rotatable bonds is 3. The van der Waals surface area contributed by atoms with Gasteiger partial charge in [0.05, 0.1) is 0 Å². The number of anilines is 1. The monoisotopic (exact) mass is 264 g/mol. The molecule has 1 fully saturated rings. The molecule has 1 saturated heterocycles. The smallest absolute Gasteiger partial charge is 0.129 e. The first-order valence-electron chi connectivity index (χ1n) is 6.16. The Hall–Kier alpha value is -1.20. The van der Waals surface area contributed by atoms with Crippen molar-refractivity contribution in [3.05, 3.63) is 23.9 Å². The van der Waals surface area contributed by atoms with E-state index >= 15 is 0 Å². The maximum Gasteiger partial charge on any atom is 0.129 e. The minimum Gasteiger partial charge on any atom is -0.389 e. The van der Waals surface area contributed by atoms with E-state index in [1.807, 2.05) is 12.1 Å². The Morgan fingerprint density at radius 1 is 1.50 bits per heavy atom. The van der Waals surface area contributed by atoms with Crippen LogP contribution in [0.25, 0.3) is 0 Å². The van der Waals surface area contributed by atoms with Crippen LogP contribution in [0.3, 0.4) is 0 Å². The van der Waals surface area contributed by atoms with Crippen molar-refractivity contribution in [2.45, 2.75) is 13.0 Å². The van der Waals surface area contributed by atoms with E-state index in [1.54, 1.807) is 6.20 Å². The number of pyridine rings is 1. The van der Waals surface area contributed by atoms with Crippen molar-refractivity contribution in [3.8, 4) is 0 Å². The highest BCUT2D eigenvalue weighted by Gasteiger charge is 2.31. The summed E-state index contributed by atoms with van der Waals surface area (Å²) in [6.45, 7) is 4.31. The molecular weight excluding hydrogens is 244 g/mol. The first-order chi connectivity index (χ1) is 8.49. The van der Waals surface area contributed by atoms with Gasteiger partial charge < -0.3 is 15.5 Å². The second-order valence-electron chi connectivity index (χ2n) is 5.18. The lowest BCUT2D eigenvalue weighted by Gasteiger charge is -2.22. The molecule has 4 nitrogen and oxygen atoms in total. The number of nitrogens with zero attached hydrogens (tertiary/aromatic N) is 3. The van der Waals surface area contributed by atoms with Gasteiger partial charge in [-0.1, -0.05) is 19.1 Å². The van der Waals surface area contributed by atoms with Gasteiger partial charge in [-0.15, -0.1) is 0 Å². The van der Waals surface area contributed by atoms with E-state index in [-0.39, 0.29) is 0 Å². The Morgan fingerprint density at radius 2 is 2.22 bits per heavy atom. The van der Waals surface area contributed by atoms with Crippen LogP contribution in [0.5, 0.6) is 0 Å². The summed E-state index contributed by atoms with van der Waals surface area (Å²) >= 11 is 5.01. The van der Waals surface area contributed by atoms with Crippen LogP contribution in [0.4, 0.5) is 5.82 Å². The molecule has 2 unspecified atom stereocenters. The van der Waals surface area contributed by atoms with Crippen LogP contribution in [-0.4, -0.2) is 48.1 Å². The Bertz CT molecular complexity index is 446. The molecule has 1 aromatic heterocycles. The third-order valence-electron chi connectivity index (χ3n) is 3.59. The van der Waals surface area contributed by atoms with Gasteiger partial charge in [0, 0.05) is 30.9 Å². The van der Waals surface area contributed by atoms with Gasteiger partial charge in [-0.3, -0.25) is 0 Å². The number of aromatic nitrogens is 1. The molecular formula is C13H20N4S. The van der Waals surface area contributed by atoms with Crippen LogP contribution in [0.1, 0.15) is 12.5 Å². The number of nitrogens with two attached hydrogens (primary N) is 1. The molecule has 0 spiro atoms. The van der Waals surface area contributed by atoms with Crippen LogP contribution < -0.4 is 10.6 Å². The van der Waals surface area contributed by atoms with Gasteiger partial charge in [0.15, 0.2) is 0 Å². The second kappa shape index (κ2) is 5.20. The molecule has 2 N–H and O–H groups in total. The molecule has 1 aromatic rings. The molecule has 2 atom stereocenters. The molecule has 0 aliphatic carbocycles. The quantitative estimate of drug-likeness (QED) is 0.828. The largest absolute Gasteiger partial charge is 0.389 e. The topological polar surface area (TPSA) is 45.4 Å². The molecule has 0 bridgehead atoms. The van der Waals surface area contributed by atoms with Crippen LogP contribution in [0.2, 0.25) is 0 Å². The first kappa shape index (κ1) is 13.2. The molecule has 0 amide bonds. The van der Waals surface area contributed by atoms with Crippen molar-refractivity contribution in [3.63, 3.8) is 0 Å². The zero-order valence-electron chi connectivity index (χ0n) is 11.1. The summed E-state index contributed by atoms with van der Waals surface area (Å²) < 4.78 is 0. The lowest BCUT2D eigenvalue weighted by molar-refractivity contribution is 0.266. The SMILES string of the molecule is CC1CN(c2cc(C(N)=S)ccn2)CC1N(C)C.